The topological polar surface area (TPSA) is 57.6 Å². The van der Waals surface area contributed by atoms with Crippen molar-refractivity contribution < 1.29 is 13.5 Å². The Morgan fingerprint density at radius 3 is 2.35 bits per heavy atom. The number of benzene rings is 1. The Balaban J connectivity index is 3.48. The van der Waals surface area contributed by atoms with Crippen LogP contribution in [0.15, 0.2) is 11.0 Å². The first kappa shape index (κ1) is 17.7. The van der Waals surface area contributed by atoms with Gasteiger partial charge in [0.2, 0.25) is 10.0 Å². The number of aliphatic hydroxyl groups is 1. The maximum absolute atomic E-state index is 12.7. The number of nitrogens with zero attached hydrogens (tertiary/aromatic N) is 1. The summed E-state index contributed by atoms with van der Waals surface area (Å²) in [5.41, 5.74) is 1.04. The Kier molecular flexibility index (Phi) is 6.28. The number of hydrogen-bond acceptors (Lipinski definition) is 3. The molecule has 1 aromatic carbocycles. The van der Waals surface area contributed by atoms with Gasteiger partial charge in [-0.15, -0.1) is 0 Å². The van der Waals surface area contributed by atoms with Crippen LogP contribution in [0.2, 0.25) is 10.0 Å². The maximum Gasteiger partial charge on any atom is 0.244 e. The van der Waals surface area contributed by atoms with Crippen LogP contribution in [0.4, 0.5) is 0 Å². The largest absolute Gasteiger partial charge is 0.395 e. The summed E-state index contributed by atoms with van der Waals surface area (Å²) in [5.74, 6) is 0. The van der Waals surface area contributed by atoms with Crippen LogP contribution in [-0.2, 0) is 10.0 Å². The van der Waals surface area contributed by atoms with Crippen molar-refractivity contribution in [1.29, 1.82) is 0 Å². The summed E-state index contributed by atoms with van der Waals surface area (Å²) in [6.07, 6.45) is 0.648. The molecule has 4 nitrogen and oxygen atoms in total. The van der Waals surface area contributed by atoms with Crippen LogP contribution >= 0.6 is 23.2 Å². The summed E-state index contributed by atoms with van der Waals surface area (Å²) in [6.45, 7) is 5.33. The Morgan fingerprint density at radius 1 is 1.25 bits per heavy atom. The van der Waals surface area contributed by atoms with Gasteiger partial charge in [-0.2, -0.15) is 4.31 Å². The monoisotopic (exact) mass is 339 g/mol. The highest BCUT2D eigenvalue weighted by Gasteiger charge is 2.29. The number of rotatable bonds is 6. The summed E-state index contributed by atoms with van der Waals surface area (Å²) in [5, 5.41) is 9.61. The molecule has 1 aromatic rings. The van der Waals surface area contributed by atoms with Crippen molar-refractivity contribution in [3.8, 4) is 0 Å². The van der Waals surface area contributed by atoms with Gasteiger partial charge in [-0.1, -0.05) is 30.1 Å². The zero-order chi connectivity index (χ0) is 15.5. The van der Waals surface area contributed by atoms with E-state index in [9.17, 15) is 8.42 Å². The summed E-state index contributed by atoms with van der Waals surface area (Å²) in [6, 6.07) is 1.65. The molecule has 0 heterocycles. The lowest BCUT2D eigenvalue weighted by Crippen LogP contribution is -2.35. The summed E-state index contributed by atoms with van der Waals surface area (Å²) < 4.78 is 26.7. The molecule has 0 saturated carbocycles. The van der Waals surface area contributed by atoms with E-state index in [1.54, 1.807) is 19.9 Å². The van der Waals surface area contributed by atoms with Crippen LogP contribution in [0.3, 0.4) is 0 Å². The van der Waals surface area contributed by atoms with Gasteiger partial charge in [0.25, 0.3) is 0 Å². The molecule has 0 aliphatic rings. The summed E-state index contributed by atoms with van der Waals surface area (Å²) >= 11 is 12.2. The number of hydrogen-bond donors (Lipinski definition) is 1. The lowest BCUT2D eigenvalue weighted by molar-refractivity contribution is 0.253. The molecule has 0 aromatic heterocycles. The molecule has 1 N–H and O–H groups in total. The van der Waals surface area contributed by atoms with Crippen molar-refractivity contribution in [2.24, 2.45) is 0 Å². The van der Waals surface area contributed by atoms with E-state index in [1.807, 2.05) is 6.92 Å². The van der Waals surface area contributed by atoms with E-state index in [0.717, 1.165) is 0 Å². The molecule has 0 aliphatic carbocycles. The average molecular weight is 340 g/mol. The van der Waals surface area contributed by atoms with E-state index in [1.165, 1.54) is 4.31 Å². The van der Waals surface area contributed by atoms with E-state index in [0.29, 0.717) is 29.1 Å². The molecular weight excluding hydrogens is 321 g/mol. The maximum atomic E-state index is 12.7. The van der Waals surface area contributed by atoms with Crippen LogP contribution in [0.1, 0.15) is 24.5 Å². The van der Waals surface area contributed by atoms with E-state index in [2.05, 4.69) is 0 Å². The molecule has 0 unspecified atom stereocenters. The zero-order valence-corrected chi connectivity index (χ0v) is 14.1. The molecule has 0 radical (unpaired) electrons. The third kappa shape index (κ3) is 3.46. The Bertz CT molecular complexity index is 556. The predicted molar refractivity (Wildman–Crippen MR) is 82.1 cm³/mol. The molecule has 0 aliphatic heterocycles. The molecule has 0 amide bonds. The molecule has 0 atom stereocenters. The minimum atomic E-state index is -3.77. The van der Waals surface area contributed by atoms with Crippen molar-refractivity contribution in [2.75, 3.05) is 19.7 Å². The van der Waals surface area contributed by atoms with E-state index in [-0.39, 0.29) is 23.1 Å². The number of halogens is 2. The highest BCUT2D eigenvalue weighted by atomic mass is 35.5. The molecule has 1 rings (SSSR count). The minimum absolute atomic E-state index is 0.0334. The fraction of sp³-hybridized carbons (Fsp3) is 0.538. The second-order valence-corrected chi connectivity index (χ2v) is 7.23. The highest BCUT2D eigenvalue weighted by Crippen LogP contribution is 2.35. The van der Waals surface area contributed by atoms with Crippen LogP contribution < -0.4 is 0 Å². The van der Waals surface area contributed by atoms with Crippen LogP contribution in [0, 0.1) is 13.8 Å². The molecule has 114 valence electrons. The molecule has 20 heavy (non-hydrogen) atoms. The smallest absolute Gasteiger partial charge is 0.244 e. The lowest BCUT2D eigenvalue weighted by Gasteiger charge is -2.23. The van der Waals surface area contributed by atoms with E-state index < -0.39 is 10.0 Å². The van der Waals surface area contributed by atoms with Gasteiger partial charge in [0.15, 0.2) is 0 Å². The Hall–Kier alpha value is -0.330. The summed E-state index contributed by atoms with van der Waals surface area (Å²) in [7, 11) is -3.77. The Labute approximate surface area is 130 Å². The van der Waals surface area contributed by atoms with Crippen LogP contribution in [0.5, 0.6) is 0 Å². The van der Waals surface area contributed by atoms with Crippen molar-refractivity contribution in [1.82, 2.24) is 4.31 Å². The average Bonchev–Trinajstić information content (AvgIpc) is 2.36. The molecule has 0 bridgehead atoms. The molecule has 0 saturated heterocycles. The molecule has 0 spiro atoms. The second kappa shape index (κ2) is 7.09. The van der Waals surface area contributed by atoms with Crippen LogP contribution in [-0.4, -0.2) is 37.5 Å². The van der Waals surface area contributed by atoms with Gasteiger partial charge >= 0.3 is 0 Å². The van der Waals surface area contributed by atoms with Gasteiger partial charge < -0.3 is 5.11 Å². The van der Waals surface area contributed by atoms with Gasteiger partial charge in [0.05, 0.1) is 11.6 Å². The van der Waals surface area contributed by atoms with Crippen molar-refractivity contribution in [2.45, 2.75) is 32.1 Å². The molecule has 0 fully saturated rings. The minimum Gasteiger partial charge on any atom is -0.395 e. The van der Waals surface area contributed by atoms with Crippen molar-refractivity contribution in [3.63, 3.8) is 0 Å². The molecular formula is C13H19Cl2NO3S. The number of sulfonamides is 1. The quantitative estimate of drug-likeness (QED) is 0.866. The SMILES string of the molecule is CCCN(CCO)S(=O)(=O)c1c(C)c(Cl)cc(C)c1Cl. The van der Waals surface area contributed by atoms with E-state index >= 15 is 0 Å². The normalized spacial score (nSPS) is 12.2. The standard InChI is InChI=1S/C13H19Cl2NO3S/c1-4-5-16(6-7-17)20(18,19)13-10(3)11(14)8-9(2)12(13)15/h8,17H,4-7H2,1-3H3. The van der Waals surface area contributed by atoms with Gasteiger partial charge in [-0.05, 0) is 37.5 Å². The zero-order valence-electron chi connectivity index (χ0n) is 11.8. The summed E-state index contributed by atoms with van der Waals surface area (Å²) in [4.78, 5) is 0.0334. The number of aliphatic hydroxyl groups excluding tert-OH is 1. The fourth-order valence-corrected chi connectivity index (χ4v) is 4.65. The van der Waals surface area contributed by atoms with Crippen molar-refractivity contribution in [3.05, 3.63) is 27.2 Å². The molecule has 7 heteroatoms. The first-order valence-corrected chi connectivity index (χ1v) is 8.53. The fourth-order valence-electron chi connectivity index (χ4n) is 1.96. The Morgan fingerprint density at radius 2 is 1.85 bits per heavy atom. The van der Waals surface area contributed by atoms with Crippen LogP contribution in [0.25, 0.3) is 0 Å². The van der Waals surface area contributed by atoms with Crippen molar-refractivity contribution >= 4 is 33.2 Å². The van der Waals surface area contributed by atoms with Gasteiger partial charge in [0, 0.05) is 18.1 Å². The third-order valence-corrected chi connectivity index (χ3v) is 6.07. The lowest BCUT2D eigenvalue weighted by atomic mass is 10.2. The van der Waals surface area contributed by atoms with Gasteiger partial charge in [-0.25, -0.2) is 8.42 Å². The highest BCUT2D eigenvalue weighted by molar-refractivity contribution is 7.89. The van der Waals surface area contributed by atoms with E-state index in [4.69, 9.17) is 28.3 Å². The van der Waals surface area contributed by atoms with Gasteiger partial charge in [0.1, 0.15) is 4.90 Å². The number of aryl methyl sites for hydroxylation is 1. The second-order valence-electron chi connectivity index (χ2n) is 4.57. The third-order valence-electron chi connectivity index (χ3n) is 3.01. The first-order valence-electron chi connectivity index (χ1n) is 6.33. The van der Waals surface area contributed by atoms with Gasteiger partial charge in [-0.3, -0.25) is 0 Å². The predicted octanol–water partition coefficient (Wildman–Crippen LogP) is 3.00. The first-order chi connectivity index (χ1) is 9.27.